The van der Waals surface area contributed by atoms with Gasteiger partial charge in [0.05, 0.1) is 10.6 Å². The first-order valence-corrected chi connectivity index (χ1v) is 11.6. The number of carbonyl (C=O) groups is 3. The summed E-state index contributed by atoms with van der Waals surface area (Å²) in [6.07, 6.45) is 2.41. The molecule has 5 rings (SSSR count). The SMILES string of the molecule is Cc1oc(-c2ccc3ccccc3c2)nc1CCC(=O)c1ccc(/C=C2/SC(=O)NC2=O)cc1. The number of aryl methyl sites for hydroxylation is 2. The molecule has 168 valence electrons. The lowest BCUT2D eigenvalue weighted by atomic mass is 10.0. The third-order valence-corrected chi connectivity index (χ3v) is 6.46. The van der Waals surface area contributed by atoms with Gasteiger partial charge in [-0.1, -0.05) is 54.6 Å². The Morgan fingerprint density at radius 1 is 1.03 bits per heavy atom. The number of thioether (sulfide) groups is 1. The zero-order chi connectivity index (χ0) is 23.7. The number of nitrogens with one attached hydrogen (secondary N) is 1. The molecule has 1 aliphatic heterocycles. The summed E-state index contributed by atoms with van der Waals surface area (Å²) >= 11 is 0.866. The van der Waals surface area contributed by atoms with Gasteiger partial charge in [0.1, 0.15) is 5.76 Å². The lowest BCUT2D eigenvalue weighted by Gasteiger charge is -2.02. The molecule has 7 heteroatoms. The van der Waals surface area contributed by atoms with E-state index in [-0.39, 0.29) is 11.0 Å². The molecule has 1 saturated heterocycles. The number of Topliss-reactive ketones (excluding diaryl/α,β-unsaturated/α-hetero) is 1. The molecule has 1 aromatic heterocycles. The van der Waals surface area contributed by atoms with Gasteiger partial charge in [-0.15, -0.1) is 0 Å². The molecule has 0 spiro atoms. The van der Waals surface area contributed by atoms with Crippen LogP contribution in [0.3, 0.4) is 0 Å². The fourth-order valence-electron chi connectivity index (χ4n) is 3.82. The van der Waals surface area contributed by atoms with E-state index in [2.05, 4.69) is 28.5 Å². The molecule has 4 aromatic rings. The van der Waals surface area contributed by atoms with Crippen molar-refractivity contribution in [2.24, 2.45) is 0 Å². The number of nitrogens with zero attached hydrogens (tertiary/aromatic N) is 1. The van der Waals surface area contributed by atoms with Crippen molar-refractivity contribution < 1.29 is 18.8 Å². The number of amides is 2. The van der Waals surface area contributed by atoms with Gasteiger partial charge in [-0.3, -0.25) is 19.7 Å². The van der Waals surface area contributed by atoms with Gasteiger partial charge in [0.25, 0.3) is 11.1 Å². The summed E-state index contributed by atoms with van der Waals surface area (Å²) in [6.45, 7) is 1.86. The molecule has 1 fully saturated rings. The molecular formula is C27H20N2O4S. The summed E-state index contributed by atoms with van der Waals surface area (Å²) in [6, 6.07) is 21.2. The van der Waals surface area contributed by atoms with Gasteiger partial charge in [-0.2, -0.15) is 0 Å². The molecule has 2 amide bonds. The van der Waals surface area contributed by atoms with Crippen molar-refractivity contribution in [1.82, 2.24) is 10.3 Å². The van der Waals surface area contributed by atoms with E-state index in [1.807, 2.05) is 31.2 Å². The van der Waals surface area contributed by atoms with Gasteiger partial charge >= 0.3 is 0 Å². The standard InChI is InChI=1S/C27H20N2O4S/c1-16-22(28-26(33-16)21-11-10-18-4-2-3-5-20(18)15-21)12-13-23(30)19-8-6-17(7-9-19)14-24-25(31)29-27(32)34-24/h2-11,14-15H,12-13H2,1H3,(H,29,31,32)/b24-14+. The third kappa shape index (κ3) is 4.56. The summed E-state index contributed by atoms with van der Waals surface area (Å²) in [5, 5.41) is 4.11. The number of ketones is 1. The van der Waals surface area contributed by atoms with E-state index in [1.165, 1.54) is 0 Å². The number of oxazole rings is 1. The Kier molecular flexibility index (Phi) is 5.86. The topological polar surface area (TPSA) is 89.3 Å². The predicted octanol–water partition coefficient (Wildman–Crippen LogP) is 5.94. The van der Waals surface area contributed by atoms with Crippen molar-refractivity contribution in [2.75, 3.05) is 0 Å². The first-order chi connectivity index (χ1) is 16.5. The predicted molar refractivity (Wildman–Crippen MR) is 132 cm³/mol. The second kappa shape index (κ2) is 9.11. The van der Waals surface area contributed by atoms with Crippen LogP contribution in [0.2, 0.25) is 0 Å². The number of carbonyl (C=O) groups excluding carboxylic acids is 3. The average Bonchev–Trinajstić information content (AvgIpc) is 3.37. The molecular weight excluding hydrogens is 448 g/mol. The Morgan fingerprint density at radius 3 is 2.53 bits per heavy atom. The van der Waals surface area contributed by atoms with Crippen LogP contribution in [0.4, 0.5) is 4.79 Å². The van der Waals surface area contributed by atoms with E-state index in [4.69, 9.17) is 4.42 Å². The molecule has 0 aliphatic carbocycles. The molecule has 34 heavy (non-hydrogen) atoms. The van der Waals surface area contributed by atoms with E-state index >= 15 is 0 Å². The fraction of sp³-hybridized carbons (Fsp3) is 0.111. The third-order valence-electron chi connectivity index (χ3n) is 5.65. The van der Waals surface area contributed by atoms with Gasteiger partial charge < -0.3 is 4.42 Å². The minimum absolute atomic E-state index is 0.00276. The largest absolute Gasteiger partial charge is 0.441 e. The van der Waals surface area contributed by atoms with Crippen LogP contribution in [0.15, 0.2) is 76.1 Å². The molecule has 0 saturated carbocycles. The van der Waals surface area contributed by atoms with Crippen LogP contribution in [0.1, 0.15) is 33.8 Å². The number of fused-ring (bicyclic) bond motifs is 1. The van der Waals surface area contributed by atoms with Crippen LogP contribution in [0.5, 0.6) is 0 Å². The summed E-state index contributed by atoms with van der Waals surface area (Å²) in [7, 11) is 0. The van der Waals surface area contributed by atoms with Gasteiger partial charge in [0.15, 0.2) is 5.78 Å². The monoisotopic (exact) mass is 468 g/mol. The maximum Gasteiger partial charge on any atom is 0.290 e. The maximum atomic E-state index is 12.7. The molecule has 3 aromatic carbocycles. The Labute approximate surface area is 200 Å². The van der Waals surface area contributed by atoms with E-state index in [0.717, 1.165) is 39.4 Å². The number of hydrogen-bond donors (Lipinski definition) is 1. The van der Waals surface area contributed by atoms with Crippen molar-refractivity contribution in [3.05, 3.63) is 94.2 Å². The van der Waals surface area contributed by atoms with E-state index in [0.29, 0.717) is 35.0 Å². The molecule has 2 heterocycles. The normalized spacial score (nSPS) is 14.7. The molecule has 0 unspecified atom stereocenters. The number of benzene rings is 3. The summed E-state index contributed by atoms with van der Waals surface area (Å²) in [5.74, 6) is 0.855. The highest BCUT2D eigenvalue weighted by Crippen LogP contribution is 2.27. The molecule has 6 nitrogen and oxygen atoms in total. The second-order valence-corrected chi connectivity index (χ2v) is 9.00. The summed E-state index contributed by atoms with van der Waals surface area (Å²) in [5.41, 5.74) is 3.00. The minimum atomic E-state index is -0.402. The van der Waals surface area contributed by atoms with E-state index in [1.54, 1.807) is 30.3 Å². The summed E-state index contributed by atoms with van der Waals surface area (Å²) < 4.78 is 5.90. The van der Waals surface area contributed by atoms with Crippen LogP contribution in [-0.4, -0.2) is 21.9 Å². The first-order valence-electron chi connectivity index (χ1n) is 10.8. The van der Waals surface area contributed by atoms with Crippen LogP contribution in [0.25, 0.3) is 28.3 Å². The Bertz CT molecular complexity index is 1470. The van der Waals surface area contributed by atoms with Crippen LogP contribution in [0, 0.1) is 6.92 Å². The van der Waals surface area contributed by atoms with Crippen LogP contribution in [-0.2, 0) is 11.2 Å². The van der Waals surface area contributed by atoms with Gasteiger partial charge in [0.2, 0.25) is 5.89 Å². The molecule has 1 N–H and O–H groups in total. The van der Waals surface area contributed by atoms with E-state index < -0.39 is 5.91 Å². The lowest BCUT2D eigenvalue weighted by molar-refractivity contribution is -0.115. The van der Waals surface area contributed by atoms with Crippen molar-refractivity contribution in [3.63, 3.8) is 0 Å². The molecule has 0 bridgehead atoms. The van der Waals surface area contributed by atoms with E-state index in [9.17, 15) is 14.4 Å². The lowest BCUT2D eigenvalue weighted by Crippen LogP contribution is -2.17. The van der Waals surface area contributed by atoms with Crippen LogP contribution >= 0.6 is 11.8 Å². The number of rotatable bonds is 6. The smallest absolute Gasteiger partial charge is 0.290 e. The highest BCUT2D eigenvalue weighted by atomic mass is 32.2. The van der Waals surface area contributed by atoms with Crippen molar-refractivity contribution in [2.45, 2.75) is 19.8 Å². The highest BCUT2D eigenvalue weighted by Gasteiger charge is 2.24. The number of aromatic nitrogens is 1. The molecule has 1 aliphatic rings. The molecule has 0 radical (unpaired) electrons. The zero-order valence-corrected chi connectivity index (χ0v) is 19.1. The van der Waals surface area contributed by atoms with Crippen LogP contribution < -0.4 is 5.32 Å². The van der Waals surface area contributed by atoms with Gasteiger partial charge in [0, 0.05) is 24.0 Å². The Balaban J connectivity index is 1.25. The van der Waals surface area contributed by atoms with Crippen molar-refractivity contribution in [1.29, 1.82) is 0 Å². The maximum absolute atomic E-state index is 12.7. The van der Waals surface area contributed by atoms with Crippen molar-refractivity contribution in [3.8, 4) is 11.5 Å². The zero-order valence-electron chi connectivity index (χ0n) is 18.3. The van der Waals surface area contributed by atoms with Gasteiger partial charge in [-0.25, -0.2) is 4.98 Å². The second-order valence-electron chi connectivity index (χ2n) is 7.98. The van der Waals surface area contributed by atoms with Crippen molar-refractivity contribution >= 4 is 45.5 Å². The summed E-state index contributed by atoms with van der Waals surface area (Å²) in [4.78, 5) is 40.7. The average molecular weight is 469 g/mol. The minimum Gasteiger partial charge on any atom is -0.441 e. The fourth-order valence-corrected chi connectivity index (χ4v) is 4.50. The highest BCUT2D eigenvalue weighted by molar-refractivity contribution is 8.18. The number of hydrogen-bond acceptors (Lipinski definition) is 6. The Morgan fingerprint density at radius 2 is 1.79 bits per heavy atom. The first kappa shape index (κ1) is 21.9. The molecule has 0 atom stereocenters. The quantitative estimate of drug-likeness (QED) is 0.278. The number of imide groups is 1. The Hall–Kier alpha value is -3.97. The van der Waals surface area contributed by atoms with Gasteiger partial charge in [-0.05, 0) is 53.2 Å².